The van der Waals surface area contributed by atoms with Crippen molar-refractivity contribution in [1.29, 1.82) is 0 Å². The summed E-state index contributed by atoms with van der Waals surface area (Å²) in [4.78, 5) is 18.6. The zero-order chi connectivity index (χ0) is 19.9. The van der Waals surface area contributed by atoms with Crippen molar-refractivity contribution in [2.75, 3.05) is 5.32 Å². The number of alkyl halides is 3. The lowest BCUT2D eigenvalue weighted by atomic mass is 9.81. The topological polar surface area (TPSA) is 65.5 Å². The summed E-state index contributed by atoms with van der Waals surface area (Å²) in [7, 11) is 0. The molecule has 0 saturated carbocycles. The third-order valence-corrected chi connectivity index (χ3v) is 5.66. The lowest BCUT2D eigenvalue weighted by Gasteiger charge is -2.43. The second kappa shape index (κ2) is 6.77. The molecule has 2 atom stereocenters. The first-order chi connectivity index (χ1) is 13.3. The van der Waals surface area contributed by atoms with Crippen LogP contribution in [0, 0.1) is 0 Å². The van der Waals surface area contributed by atoms with Crippen molar-refractivity contribution in [1.82, 2.24) is 9.88 Å². The maximum Gasteiger partial charge on any atom is 0.416 e. The Kier molecular flexibility index (Phi) is 4.53. The molecule has 2 bridgehead atoms. The number of nitrogens with zero attached hydrogens (tertiary/aromatic N) is 2. The van der Waals surface area contributed by atoms with E-state index >= 15 is 0 Å². The largest absolute Gasteiger partial charge is 0.416 e. The molecule has 2 aliphatic heterocycles. The molecule has 1 aromatic carbocycles. The van der Waals surface area contributed by atoms with Crippen molar-refractivity contribution < 1.29 is 23.1 Å². The second-order valence-corrected chi connectivity index (χ2v) is 7.48. The molecule has 148 valence electrons. The molecular formula is C20H20F3N3O2. The number of amides is 2. The number of aromatic nitrogens is 1. The van der Waals surface area contributed by atoms with E-state index in [9.17, 15) is 23.1 Å². The fraction of sp³-hybridized carbons (Fsp3) is 0.400. The van der Waals surface area contributed by atoms with Crippen molar-refractivity contribution in [2.24, 2.45) is 0 Å². The van der Waals surface area contributed by atoms with Gasteiger partial charge in [-0.1, -0.05) is 6.07 Å². The molecule has 28 heavy (non-hydrogen) atoms. The van der Waals surface area contributed by atoms with Gasteiger partial charge >= 0.3 is 12.2 Å². The van der Waals surface area contributed by atoms with Gasteiger partial charge in [0.25, 0.3) is 0 Å². The first-order valence-electron chi connectivity index (χ1n) is 9.16. The first-order valence-corrected chi connectivity index (χ1v) is 9.16. The van der Waals surface area contributed by atoms with Gasteiger partial charge < -0.3 is 15.3 Å². The average molecular weight is 391 g/mol. The summed E-state index contributed by atoms with van der Waals surface area (Å²) >= 11 is 0. The van der Waals surface area contributed by atoms with E-state index in [4.69, 9.17) is 0 Å². The predicted octanol–water partition coefficient (Wildman–Crippen LogP) is 4.15. The third-order valence-electron chi connectivity index (χ3n) is 5.66. The summed E-state index contributed by atoms with van der Waals surface area (Å²) in [6.45, 7) is 0. The van der Waals surface area contributed by atoms with Crippen LogP contribution in [0.2, 0.25) is 0 Å². The van der Waals surface area contributed by atoms with Gasteiger partial charge in [0.15, 0.2) is 0 Å². The van der Waals surface area contributed by atoms with Gasteiger partial charge in [0.05, 0.1) is 11.2 Å². The number of fused-ring (bicyclic) bond motifs is 2. The van der Waals surface area contributed by atoms with Crippen LogP contribution in [0.4, 0.5) is 23.7 Å². The highest BCUT2D eigenvalue weighted by molar-refractivity contribution is 5.90. The highest BCUT2D eigenvalue weighted by atomic mass is 19.4. The molecule has 4 rings (SSSR count). The second-order valence-electron chi connectivity index (χ2n) is 7.48. The number of pyridine rings is 1. The average Bonchev–Trinajstić information content (AvgIpc) is 2.94. The van der Waals surface area contributed by atoms with E-state index in [1.54, 1.807) is 23.4 Å². The Balaban J connectivity index is 1.47. The summed E-state index contributed by atoms with van der Waals surface area (Å²) in [5, 5.41) is 13.8. The Morgan fingerprint density at radius 3 is 2.32 bits per heavy atom. The molecule has 1 aromatic heterocycles. The monoisotopic (exact) mass is 391 g/mol. The molecule has 0 radical (unpaired) electrons. The molecule has 5 nitrogen and oxygen atoms in total. The Hall–Kier alpha value is -2.61. The molecule has 0 spiro atoms. The summed E-state index contributed by atoms with van der Waals surface area (Å²) in [5.41, 5.74) is -0.726. The molecule has 2 fully saturated rings. The van der Waals surface area contributed by atoms with E-state index in [0.29, 0.717) is 18.5 Å². The van der Waals surface area contributed by atoms with Crippen LogP contribution in [0.5, 0.6) is 0 Å². The number of hydrogen-bond acceptors (Lipinski definition) is 3. The SMILES string of the molecule is O=C(Nc1ccc(C(F)(F)F)cc1)N1[C@H]2CC[C@H]1CC(O)(c1cccnc1)C2. The van der Waals surface area contributed by atoms with Gasteiger partial charge in [-0.3, -0.25) is 4.98 Å². The van der Waals surface area contributed by atoms with Gasteiger partial charge in [-0.05, 0) is 43.2 Å². The molecule has 2 aromatic rings. The van der Waals surface area contributed by atoms with Gasteiger partial charge in [-0.25, -0.2) is 4.79 Å². The number of benzene rings is 1. The smallest absolute Gasteiger partial charge is 0.385 e. The summed E-state index contributed by atoms with van der Waals surface area (Å²) in [5.74, 6) is 0. The van der Waals surface area contributed by atoms with Gasteiger partial charge in [0.2, 0.25) is 0 Å². The highest BCUT2D eigenvalue weighted by Gasteiger charge is 2.50. The van der Waals surface area contributed by atoms with Crippen molar-refractivity contribution in [3.05, 3.63) is 59.9 Å². The number of carbonyl (C=O) groups is 1. The van der Waals surface area contributed by atoms with Crippen LogP contribution in [0.25, 0.3) is 0 Å². The fourth-order valence-electron chi connectivity index (χ4n) is 4.36. The van der Waals surface area contributed by atoms with E-state index in [1.165, 1.54) is 12.1 Å². The van der Waals surface area contributed by atoms with Crippen LogP contribution in [-0.4, -0.2) is 33.1 Å². The Bertz CT molecular complexity index is 841. The molecule has 8 heteroatoms. The fourth-order valence-corrected chi connectivity index (χ4v) is 4.36. The number of halogens is 3. The molecular weight excluding hydrogens is 371 g/mol. The van der Waals surface area contributed by atoms with Crippen LogP contribution in [0.15, 0.2) is 48.8 Å². The number of carbonyl (C=O) groups excluding carboxylic acids is 1. The van der Waals surface area contributed by atoms with E-state index in [1.807, 2.05) is 6.07 Å². The Morgan fingerprint density at radius 2 is 1.79 bits per heavy atom. The zero-order valence-corrected chi connectivity index (χ0v) is 15.0. The lowest BCUT2D eigenvalue weighted by Crippen LogP contribution is -2.53. The van der Waals surface area contributed by atoms with Crippen LogP contribution in [0.1, 0.15) is 36.8 Å². The van der Waals surface area contributed by atoms with Crippen LogP contribution in [0.3, 0.4) is 0 Å². The van der Waals surface area contributed by atoms with Crippen LogP contribution < -0.4 is 5.32 Å². The predicted molar refractivity (Wildman–Crippen MR) is 96.5 cm³/mol. The van der Waals surface area contributed by atoms with Gasteiger partial charge in [0.1, 0.15) is 0 Å². The number of hydrogen-bond donors (Lipinski definition) is 2. The van der Waals surface area contributed by atoms with E-state index in [2.05, 4.69) is 10.3 Å². The molecule has 3 heterocycles. The van der Waals surface area contributed by atoms with Crippen molar-refractivity contribution in [3.8, 4) is 0 Å². The number of anilines is 1. The maximum atomic E-state index is 12.8. The molecule has 2 aliphatic rings. The minimum atomic E-state index is -4.41. The number of rotatable bonds is 2. The minimum Gasteiger partial charge on any atom is -0.385 e. The number of piperidine rings is 1. The maximum absolute atomic E-state index is 12.8. The minimum absolute atomic E-state index is 0.126. The number of aliphatic hydroxyl groups is 1. The normalized spacial score (nSPS) is 26.9. The Labute approximate surface area is 160 Å². The van der Waals surface area contributed by atoms with Crippen LogP contribution in [-0.2, 0) is 11.8 Å². The summed E-state index contributed by atoms with van der Waals surface area (Å²) in [6, 6.07) is 7.40. The Morgan fingerprint density at radius 1 is 1.14 bits per heavy atom. The number of nitrogens with one attached hydrogen (secondary N) is 1. The van der Waals surface area contributed by atoms with Gasteiger partial charge in [0, 0.05) is 48.6 Å². The molecule has 0 aliphatic carbocycles. The molecule has 2 N–H and O–H groups in total. The van der Waals surface area contributed by atoms with Crippen LogP contribution >= 0.6 is 0 Å². The van der Waals surface area contributed by atoms with E-state index < -0.39 is 17.3 Å². The van der Waals surface area contributed by atoms with Crippen molar-refractivity contribution in [2.45, 2.75) is 49.5 Å². The summed E-state index contributed by atoms with van der Waals surface area (Å²) in [6.07, 6.45) is 1.28. The molecule has 0 unspecified atom stereocenters. The highest BCUT2D eigenvalue weighted by Crippen LogP contribution is 2.45. The zero-order valence-electron chi connectivity index (χ0n) is 15.0. The molecule has 2 amide bonds. The van der Waals surface area contributed by atoms with E-state index in [-0.39, 0.29) is 18.1 Å². The summed E-state index contributed by atoms with van der Waals surface area (Å²) < 4.78 is 38.0. The first kappa shape index (κ1) is 18.7. The molecule has 2 saturated heterocycles. The van der Waals surface area contributed by atoms with Crippen molar-refractivity contribution in [3.63, 3.8) is 0 Å². The van der Waals surface area contributed by atoms with Crippen molar-refractivity contribution >= 4 is 11.7 Å². The van der Waals surface area contributed by atoms with Gasteiger partial charge in [-0.15, -0.1) is 0 Å². The van der Waals surface area contributed by atoms with E-state index in [0.717, 1.165) is 30.5 Å². The standard InChI is InChI=1S/C20H20F3N3O2/c21-20(22,23)13-3-5-15(6-4-13)25-18(27)26-16-7-8-17(26)11-19(28,10-16)14-2-1-9-24-12-14/h1-6,9,12,16-17,28H,7-8,10-11H2,(H,25,27)/t16-,17-/m0/s1. The quantitative estimate of drug-likeness (QED) is 0.809. The third kappa shape index (κ3) is 3.44. The lowest BCUT2D eigenvalue weighted by molar-refractivity contribution is -0.137. The number of urea groups is 1. The van der Waals surface area contributed by atoms with Gasteiger partial charge in [-0.2, -0.15) is 13.2 Å².